The standard InChI is InChI=1S/C14H19N3O3/c15-5-6-20-9-13(18)17-8-11-4-2-1-3-10(11)7-12(17)14(16)19/h1-4,12H,5-9,15H2,(H2,16,19)/t12-/m0/s1. The molecule has 0 saturated heterocycles. The molecule has 0 bridgehead atoms. The fourth-order valence-corrected chi connectivity index (χ4v) is 2.36. The summed E-state index contributed by atoms with van der Waals surface area (Å²) < 4.78 is 5.15. The smallest absolute Gasteiger partial charge is 0.249 e. The molecule has 4 N–H and O–H groups in total. The molecule has 0 fully saturated rings. The number of carbonyl (C=O) groups is 2. The summed E-state index contributed by atoms with van der Waals surface area (Å²) in [6, 6.07) is 7.13. The quantitative estimate of drug-likeness (QED) is 0.702. The summed E-state index contributed by atoms with van der Waals surface area (Å²) in [7, 11) is 0. The van der Waals surface area contributed by atoms with E-state index < -0.39 is 11.9 Å². The van der Waals surface area contributed by atoms with Gasteiger partial charge in [0.1, 0.15) is 12.6 Å². The lowest BCUT2D eigenvalue weighted by atomic mass is 9.93. The van der Waals surface area contributed by atoms with Gasteiger partial charge in [-0.1, -0.05) is 24.3 Å². The number of ether oxygens (including phenoxy) is 1. The molecule has 0 spiro atoms. The molecule has 6 heteroatoms. The predicted molar refractivity (Wildman–Crippen MR) is 73.6 cm³/mol. The number of nitrogens with zero attached hydrogens (tertiary/aromatic N) is 1. The Bertz CT molecular complexity index is 504. The van der Waals surface area contributed by atoms with Crippen LogP contribution in [0.15, 0.2) is 24.3 Å². The van der Waals surface area contributed by atoms with Crippen molar-refractivity contribution in [1.82, 2.24) is 4.90 Å². The Kier molecular flexibility index (Phi) is 4.70. The van der Waals surface area contributed by atoms with Crippen LogP contribution in [0.4, 0.5) is 0 Å². The Morgan fingerprint density at radius 1 is 1.30 bits per heavy atom. The Hall–Kier alpha value is -1.92. The first-order valence-electron chi connectivity index (χ1n) is 6.57. The number of nitrogens with two attached hydrogens (primary N) is 2. The normalized spacial score (nSPS) is 17.6. The minimum absolute atomic E-state index is 0.0802. The number of hydrogen-bond donors (Lipinski definition) is 2. The molecule has 1 atom stereocenters. The van der Waals surface area contributed by atoms with E-state index in [4.69, 9.17) is 16.2 Å². The van der Waals surface area contributed by atoms with Crippen molar-refractivity contribution in [3.63, 3.8) is 0 Å². The summed E-state index contributed by atoms with van der Waals surface area (Å²) in [4.78, 5) is 25.2. The van der Waals surface area contributed by atoms with Gasteiger partial charge in [-0.3, -0.25) is 9.59 Å². The first kappa shape index (κ1) is 14.5. The number of primary amides is 1. The maximum Gasteiger partial charge on any atom is 0.249 e. The van der Waals surface area contributed by atoms with E-state index in [9.17, 15) is 9.59 Å². The lowest BCUT2D eigenvalue weighted by molar-refractivity contribution is -0.144. The molecule has 1 aliphatic rings. The molecule has 20 heavy (non-hydrogen) atoms. The van der Waals surface area contributed by atoms with Crippen molar-refractivity contribution in [1.29, 1.82) is 0 Å². The zero-order valence-corrected chi connectivity index (χ0v) is 11.2. The average Bonchev–Trinajstić information content (AvgIpc) is 2.46. The van der Waals surface area contributed by atoms with Gasteiger partial charge < -0.3 is 21.1 Å². The van der Waals surface area contributed by atoms with Crippen LogP contribution in [0.5, 0.6) is 0 Å². The van der Waals surface area contributed by atoms with Gasteiger partial charge in [0.05, 0.1) is 6.61 Å². The van der Waals surface area contributed by atoms with Crippen LogP contribution < -0.4 is 11.5 Å². The Morgan fingerprint density at radius 3 is 2.65 bits per heavy atom. The molecule has 1 heterocycles. The average molecular weight is 277 g/mol. The molecule has 0 aromatic heterocycles. The highest BCUT2D eigenvalue weighted by Crippen LogP contribution is 2.23. The second-order valence-electron chi connectivity index (χ2n) is 4.75. The van der Waals surface area contributed by atoms with Gasteiger partial charge in [-0.2, -0.15) is 0 Å². The van der Waals surface area contributed by atoms with E-state index in [1.165, 1.54) is 4.90 Å². The van der Waals surface area contributed by atoms with Crippen molar-refractivity contribution in [3.05, 3.63) is 35.4 Å². The highest BCUT2D eigenvalue weighted by atomic mass is 16.5. The number of carbonyl (C=O) groups excluding carboxylic acids is 2. The third-order valence-corrected chi connectivity index (χ3v) is 3.39. The van der Waals surface area contributed by atoms with Crippen LogP contribution in [0.1, 0.15) is 11.1 Å². The molecule has 2 amide bonds. The summed E-state index contributed by atoms with van der Waals surface area (Å²) in [5.41, 5.74) is 12.8. The second kappa shape index (κ2) is 6.49. The van der Waals surface area contributed by atoms with Crippen LogP contribution >= 0.6 is 0 Å². The van der Waals surface area contributed by atoms with Crippen molar-refractivity contribution < 1.29 is 14.3 Å². The third kappa shape index (κ3) is 3.15. The molecule has 0 radical (unpaired) electrons. The highest BCUT2D eigenvalue weighted by molar-refractivity contribution is 5.88. The second-order valence-corrected chi connectivity index (χ2v) is 4.75. The number of hydrogen-bond acceptors (Lipinski definition) is 4. The van der Waals surface area contributed by atoms with Crippen molar-refractivity contribution in [3.8, 4) is 0 Å². The Morgan fingerprint density at radius 2 is 2.00 bits per heavy atom. The molecule has 6 nitrogen and oxygen atoms in total. The van der Waals surface area contributed by atoms with Gasteiger partial charge in [-0.05, 0) is 11.1 Å². The lowest BCUT2D eigenvalue weighted by Gasteiger charge is -2.35. The molecule has 1 aliphatic heterocycles. The summed E-state index contributed by atoms with van der Waals surface area (Å²) in [5, 5.41) is 0. The van der Waals surface area contributed by atoms with E-state index in [1.54, 1.807) is 0 Å². The van der Waals surface area contributed by atoms with Gasteiger partial charge in [0.25, 0.3) is 0 Å². The minimum atomic E-state index is -0.612. The highest BCUT2D eigenvalue weighted by Gasteiger charge is 2.32. The van der Waals surface area contributed by atoms with E-state index in [-0.39, 0.29) is 12.5 Å². The van der Waals surface area contributed by atoms with E-state index in [2.05, 4.69) is 0 Å². The molecule has 108 valence electrons. The summed E-state index contributed by atoms with van der Waals surface area (Å²) in [6.45, 7) is 0.977. The van der Waals surface area contributed by atoms with Crippen LogP contribution in [0.3, 0.4) is 0 Å². The van der Waals surface area contributed by atoms with Gasteiger partial charge in [0.2, 0.25) is 11.8 Å². The molecule has 0 aliphatic carbocycles. The molecular weight excluding hydrogens is 258 g/mol. The maximum absolute atomic E-state index is 12.1. The van der Waals surface area contributed by atoms with Crippen LogP contribution in [-0.4, -0.2) is 42.5 Å². The van der Waals surface area contributed by atoms with Gasteiger partial charge in [-0.25, -0.2) is 0 Å². The molecular formula is C14H19N3O3. The number of rotatable bonds is 5. The number of fused-ring (bicyclic) bond motifs is 1. The monoisotopic (exact) mass is 277 g/mol. The van der Waals surface area contributed by atoms with Crippen molar-refractivity contribution in [2.45, 2.75) is 19.0 Å². The van der Waals surface area contributed by atoms with Crippen molar-refractivity contribution in [2.75, 3.05) is 19.8 Å². The van der Waals surface area contributed by atoms with E-state index in [0.717, 1.165) is 11.1 Å². The van der Waals surface area contributed by atoms with Crippen molar-refractivity contribution >= 4 is 11.8 Å². The fourth-order valence-electron chi connectivity index (χ4n) is 2.36. The molecule has 1 aromatic carbocycles. The number of amides is 2. The van der Waals surface area contributed by atoms with E-state index >= 15 is 0 Å². The Balaban J connectivity index is 2.13. The van der Waals surface area contributed by atoms with E-state index in [0.29, 0.717) is 26.1 Å². The van der Waals surface area contributed by atoms with Gasteiger partial charge >= 0.3 is 0 Å². The largest absolute Gasteiger partial charge is 0.370 e. The van der Waals surface area contributed by atoms with Gasteiger partial charge in [0.15, 0.2) is 0 Å². The van der Waals surface area contributed by atoms with Gasteiger partial charge in [0, 0.05) is 19.5 Å². The van der Waals surface area contributed by atoms with Crippen molar-refractivity contribution in [2.24, 2.45) is 11.5 Å². The van der Waals surface area contributed by atoms with Crippen LogP contribution in [-0.2, 0) is 27.3 Å². The third-order valence-electron chi connectivity index (χ3n) is 3.39. The predicted octanol–water partition coefficient (Wildman–Crippen LogP) is -0.599. The zero-order valence-electron chi connectivity index (χ0n) is 11.2. The molecule has 2 rings (SSSR count). The van der Waals surface area contributed by atoms with Crippen LogP contribution in [0.25, 0.3) is 0 Å². The first-order chi connectivity index (χ1) is 9.63. The van der Waals surface area contributed by atoms with Gasteiger partial charge in [-0.15, -0.1) is 0 Å². The number of benzene rings is 1. The first-order valence-corrected chi connectivity index (χ1v) is 6.57. The van der Waals surface area contributed by atoms with Crippen LogP contribution in [0.2, 0.25) is 0 Å². The minimum Gasteiger partial charge on any atom is -0.370 e. The molecule has 0 unspecified atom stereocenters. The molecule has 1 aromatic rings. The van der Waals surface area contributed by atoms with Crippen LogP contribution in [0, 0.1) is 0 Å². The molecule has 0 saturated carbocycles. The SMILES string of the molecule is NCCOCC(=O)N1Cc2ccccc2C[C@H]1C(N)=O. The Labute approximate surface area is 117 Å². The summed E-state index contributed by atoms with van der Waals surface area (Å²) in [5.74, 6) is -0.733. The topological polar surface area (TPSA) is 98.7 Å². The summed E-state index contributed by atoms with van der Waals surface area (Å²) >= 11 is 0. The lowest BCUT2D eigenvalue weighted by Crippen LogP contribution is -2.52. The fraction of sp³-hybridized carbons (Fsp3) is 0.429. The zero-order chi connectivity index (χ0) is 14.5. The summed E-state index contributed by atoms with van der Waals surface area (Å²) in [6.07, 6.45) is 0.453. The maximum atomic E-state index is 12.1. The van der Waals surface area contributed by atoms with E-state index in [1.807, 2.05) is 24.3 Å².